The van der Waals surface area contributed by atoms with E-state index in [9.17, 15) is 22.4 Å². The van der Waals surface area contributed by atoms with Crippen molar-refractivity contribution >= 4 is 5.91 Å². The van der Waals surface area contributed by atoms with E-state index in [-0.39, 0.29) is 6.20 Å². The summed E-state index contributed by atoms with van der Waals surface area (Å²) in [6, 6.07) is 0.352. The van der Waals surface area contributed by atoms with E-state index >= 15 is 0 Å². The second kappa shape index (κ2) is 3.24. The summed E-state index contributed by atoms with van der Waals surface area (Å²) in [5.41, 5.74) is 2.62. The van der Waals surface area contributed by atoms with Gasteiger partial charge in [0.25, 0.3) is 5.91 Å². The summed E-state index contributed by atoms with van der Waals surface area (Å²) in [6.07, 6.45) is -4.59. The lowest BCUT2D eigenvalue weighted by molar-refractivity contribution is -0.140. The number of pyridine rings is 1. The van der Waals surface area contributed by atoms with Gasteiger partial charge in [-0.25, -0.2) is 4.39 Å². The summed E-state index contributed by atoms with van der Waals surface area (Å²) in [5.74, 6) is -2.65. The van der Waals surface area contributed by atoms with Crippen molar-refractivity contribution in [3.8, 4) is 0 Å². The van der Waals surface area contributed by atoms with Gasteiger partial charge in [0.2, 0.25) is 0 Å². The van der Waals surface area contributed by atoms with E-state index in [1.165, 1.54) is 0 Å². The van der Waals surface area contributed by atoms with Crippen LogP contribution < -0.4 is 5.73 Å². The number of rotatable bonds is 1. The Labute approximate surface area is 75.5 Å². The fourth-order valence-electron chi connectivity index (χ4n) is 0.774. The molecular weight excluding hydrogens is 204 g/mol. The topological polar surface area (TPSA) is 56.0 Å². The molecule has 0 bridgehead atoms. The first kappa shape index (κ1) is 10.4. The van der Waals surface area contributed by atoms with Crippen molar-refractivity contribution in [2.45, 2.75) is 6.18 Å². The number of alkyl halides is 3. The molecule has 1 rings (SSSR count). The largest absolute Gasteiger partial charge is 0.420 e. The van der Waals surface area contributed by atoms with Crippen LogP contribution >= 0.6 is 0 Å². The van der Waals surface area contributed by atoms with Crippen LogP contribution in [0.25, 0.3) is 0 Å². The van der Waals surface area contributed by atoms with Gasteiger partial charge in [0.1, 0.15) is 17.1 Å². The van der Waals surface area contributed by atoms with E-state index in [4.69, 9.17) is 5.73 Å². The van der Waals surface area contributed by atoms with Crippen LogP contribution in [0, 0.1) is 5.82 Å². The highest BCUT2D eigenvalue weighted by atomic mass is 19.4. The summed E-state index contributed by atoms with van der Waals surface area (Å²) in [6.45, 7) is 0. The molecule has 3 nitrogen and oxygen atoms in total. The third-order valence-electron chi connectivity index (χ3n) is 1.41. The van der Waals surface area contributed by atoms with Gasteiger partial charge in [-0.3, -0.25) is 9.78 Å². The predicted octanol–water partition coefficient (Wildman–Crippen LogP) is 1.34. The molecule has 0 saturated carbocycles. The Balaban J connectivity index is 3.21. The average Bonchev–Trinajstić information content (AvgIpc) is 2.01. The van der Waals surface area contributed by atoms with Gasteiger partial charge in [-0.2, -0.15) is 13.2 Å². The number of carbonyl (C=O) groups excluding carboxylic acids is 1. The van der Waals surface area contributed by atoms with Gasteiger partial charge in [-0.15, -0.1) is 0 Å². The van der Waals surface area contributed by atoms with Crippen LogP contribution in [-0.4, -0.2) is 10.9 Å². The zero-order valence-corrected chi connectivity index (χ0v) is 6.60. The Bertz CT molecular complexity index is 374. The van der Waals surface area contributed by atoms with Gasteiger partial charge in [-0.1, -0.05) is 0 Å². The standard InChI is InChI=1S/C7H4F4N2O/c8-4-1-5(6(12)14)13-2-3(4)7(9,10)11/h1-2H,(H2,12,14). The minimum absolute atomic E-state index is 0.232. The van der Waals surface area contributed by atoms with Crippen molar-refractivity contribution in [3.05, 3.63) is 29.3 Å². The Morgan fingerprint density at radius 1 is 1.43 bits per heavy atom. The lowest BCUT2D eigenvalue weighted by Gasteiger charge is -2.07. The lowest BCUT2D eigenvalue weighted by atomic mass is 10.2. The second-order valence-electron chi connectivity index (χ2n) is 2.41. The van der Waals surface area contributed by atoms with E-state index in [1.807, 2.05) is 0 Å². The van der Waals surface area contributed by atoms with Crippen molar-refractivity contribution in [1.29, 1.82) is 0 Å². The van der Waals surface area contributed by atoms with Gasteiger partial charge < -0.3 is 5.73 Å². The molecule has 0 spiro atoms. The fourth-order valence-corrected chi connectivity index (χ4v) is 0.774. The first-order valence-electron chi connectivity index (χ1n) is 3.35. The van der Waals surface area contributed by atoms with E-state index in [2.05, 4.69) is 4.98 Å². The van der Waals surface area contributed by atoms with Crippen molar-refractivity contribution in [1.82, 2.24) is 4.98 Å². The van der Waals surface area contributed by atoms with Crippen LogP contribution in [0.3, 0.4) is 0 Å². The summed E-state index contributed by atoms with van der Waals surface area (Å²) in [4.78, 5) is 13.5. The number of nitrogens with zero attached hydrogens (tertiary/aromatic N) is 1. The van der Waals surface area contributed by atoms with Crippen molar-refractivity contribution < 1.29 is 22.4 Å². The Morgan fingerprint density at radius 3 is 2.36 bits per heavy atom. The SMILES string of the molecule is NC(=O)c1cc(F)c(C(F)(F)F)cn1. The molecule has 1 heterocycles. The smallest absolute Gasteiger partial charge is 0.364 e. The van der Waals surface area contributed by atoms with Crippen LogP contribution in [0.1, 0.15) is 16.1 Å². The maximum atomic E-state index is 12.7. The number of hydrogen-bond acceptors (Lipinski definition) is 2. The number of carbonyl (C=O) groups is 1. The average molecular weight is 208 g/mol. The number of aromatic nitrogens is 1. The summed E-state index contributed by atoms with van der Waals surface area (Å²) in [7, 11) is 0. The quantitative estimate of drug-likeness (QED) is 0.708. The molecule has 0 radical (unpaired) electrons. The molecule has 0 fully saturated rings. The zero-order chi connectivity index (χ0) is 10.9. The molecule has 1 aromatic heterocycles. The summed E-state index contributed by atoms with van der Waals surface area (Å²) < 4.78 is 48.7. The normalized spacial score (nSPS) is 11.4. The molecule has 0 atom stereocenters. The number of halogens is 4. The molecule has 2 N–H and O–H groups in total. The van der Waals surface area contributed by atoms with E-state index in [0.29, 0.717) is 6.07 Å². The fraction of sp³-hybridized carbons (Fsp3) is 0.143. The molecule has 1 amide bonds. The molecule has 0 saturated heterocycles. The third kappa shape index (κ3) is 1.98. The molecular formula is C7H4F4N2O. The van der Waals surface area contributed by atoms with Crippen LogP contribution in [0.15, 0.2) is 12.3 Å². The number of nitrogens with two attached hydrogens (primary N) is 1. The maximum Gasteiger partial charge on any atom is 0.420 e. The minimum atomic E-state index is -4.83. The third-order valence-corrected chi connectivity index (χ3v) is 1.41. The Hall–Kier alpha value is -1.66. The Kier molecular flexibility index (Phi) is 2.41. The number of hydrogen-bond donors (Lipinski definition) is 1. The van der Waals surface area contributed by atoms with Gasteiger partial charge in [0.05, 0.1) is 0 Å². The molecule has 76 valence electrons. The molecule has 0 unspecified atom stereocenters. The van der Waals surface area contributed by atoms with Gasteiger partial charge in [-0.05, 0) is 0 Å². The van der Waals surface area contributed by atoms with Crippen LogP contribution in [0.5, 0.6) is 0 Å². The summed E-state index contributed by atoms with van der Waals surface area (Å²) in [5, 5.41) is 0. The maximum absolute atomic E-state index is 12.7. The van der Waals surface area contributed by atoms with Gasteiger partial charge in [0.15, 0.2) is 0 Å². The van der Waals surface area contributed by atoms with Crippen molar-refractivity contribution in [3.63, 3.8) is 0 Å². The lowest BCUT2D eigenvalue weighted by Crippen LogP contribution is -2.16. The van der Waals surface area contributed by atoms with E-state index in [1.54, 1.807) is 0 Å². The number of primary amides is 1. The van der Waals surface area contributed by atoms with Crippen molar-refractivity contribution in [2.24, 2.45) is 5.73 Å². The molecule has 14 heavy (non-hydrogen) atoms. The zero-order valence-electron chi connectivity index (χ0n) is 6.60. The first-order valence-corrected chi connectivity index (χ1v) is 3.35. The van der Waals surface area contributed by atoms with Gasteiger partial charge in [0, 0.05) is 12.3 Å². The Morgan fingerprint density at radius 2 is 2.00 bits per heavy atom. The van der Waals surface area contributed by atoms with Crippen LogP contribution in [-0.2, 0) is 6.18 Å². The van der Waals surface area contributed by atoms with Crippen molar-refractivity contribution in [2.75, 3.05) is 0 Å². The molecule has 0 aliphatic rings. The van der Waals surface area contributed by atoms with Gasteiger partial charge >= 0.3 is 6.18 Å². The first-order chi connectivity index (χ1) is 6.32. The van der Waals surface area contributed by atoms with Crippen LogP contribution in [0.2, 0.25) is 0 Å². The molecule has 0 aliphatic heterocycles. The molecule has 7 heteroatoms. The van der Waals surface area contributed by atoms with Crippen LogP contribution in [0.4, 0.5) is 17.6 Å². The highest BCUT2D eigenvalue weighted by Gasteiger charge is 2.34. The molecule has 0 aromatic carbocycles. The highest BCUT2D eigenvalue weighted by molar-refractivity contribution is 5.90. The van der Waals surface area contributed by atoms with E-state index in [0.717, 1.165) is 0 Å². The number of amides is 1. The monoisotopic (exact) mass is 208 g/mol. The molecule has 0 aliphatic carbocycles. The summed E-state index contributed by atoms with van der Waals surface area (Å²) >= 11 is 0. The van der Waals surface area contributed by atoms with E-state index < -0.39 is 29.2 Å². The second-order valence-corrected chi connectivity index (χ2v) is 2.41. The minimum Gasteiger partial charge on any atom is -0.364 e. The predicted molar refractivity (Wildman–Crippen MR) is 37.7 cm³/mol. The highest BCUT2D eigenvalue weighted by Crippen LogP contribution is 2.30. The molecule has 1 aromatic rings.